The molecule has 2 rings (SSSR count). The van der Waals surface area contributed by atoms with Crippen LogP contribution in [0, 0.1) is 0 Å². The van der Waals surface area contributed by atoms with Crippen molar-refractivity contribution in [2.45, 2.75) is 39.0 Å². The van der Waals surface area contributed by atoms with Crippen LogP contribution in [0.25, 0.3) is 0 Å². The molecule has 28 heavy (non-hydrogen) atoms. The second-order valence-corrected chi connectivity index (χ2v) is 6.76. The number of unbranched alkanes of at least 4 members (excludes halogenated alkanes) is 2. The van der Waals surface area contributed by atoms with E-state index in [4.69, 9.17) is 4.74 Å². The molecule has 1 heterocycles. The number of allylic oxidation sites excluding steroid dienone is 4. The second-order valence-electron chi connectivity index (χ2n) is 6.76. The Hall–Kier alpha value is -2.66. The summed E-state index contributed by atoms with van der Waals surface area (Å²) >= 11 is 0. The molecule has 2 N–H and O–H groups in total. The van der Waals surface area contributed by atoms with Gasteiger partial charge < -0.3 is 15.4 Å². The van der Waals surface area contributed by atoms with Crippen molar-refractivity contribution in [3.8, 4) is 5.75 Å². The molecule has 150 valence electrons. The van der Waals surface area contributed by atoms with Gasteiger partial charge in [-0.05, 0) is 63.0 Å². The molecule has 0 bridgehead atoms. The Kier molecular flexibility index (Phi) is 9.22. The molecule has 5 nitrogen and oxygen atoms in total. The predicted molar refractivity (Wildman–Crippen MR) is 114 cm³/mol. The van der Waals surface area contributed by atoms with E-state index in [2.05, 4.69) is 23.3 Å². The highest BCUT2D eigenvalue weighted by atomic mass is 16.5. The van der Waals surface area contributed by atoms with Gasteiger partial charge in [-0.25, -0.2) is 0 Å². The van der Waals surface area contributed by atoms with E-state index in [1.807, 2.05) is 25.2 Å². The van der Waals surface area contributed by atoms with Gasteiger partial charge >= 0.3 is 0 Å². The van der Waals surface area contributed by atoms with Crippen LogP contribution in [-0.2, 0) is 4.79 Å². The van der Waals surface area contributed by atoms with Gasteiger partial charge in [0.15, 0.2) is 12.4 Å². The van der Waals surface area contributed by atoms with Crippen LogP contribution in [0.15, 0.2) is 54.7 Å². The van der Waals surface area contributed by atoms with E-state index in [-0.39, 0.29) is 18.3 Å². The third-order valence-corrected chi connectivity index (χ3v) is 4.49. The normalized spacial score (nSPS) is 13.8. The van der Waals surface area contributed by atoms with E-state index in [1.54, 1.807) is 18.2 Å². The summed E-state index contributed by atoms with van der Waals surface area (Å²) in [6, 6.07) is 5.21. The third kappa shape index (κ3) is 7.16. The summed E-state index contributed by atoms with van der Waals surface area (Å²) in [6.07, 6.45) is 12.4. The number of anilines is 1. The van der Waals surface area contributed by atoms with Crippen molar-refractivity contribution in [3.63, 3.8) is 0 Å². The number of amides is 1. The average molecular weight is 383 g/mol. The van der Waals surface area contributed by atoms with Gasteiger partial charge in [0.2, 0.25) is 0 Å². The molecule has 5 heteroatoms. The first kappa shape index (κ1) is 21.6. The fraction of sp³-hybridized carbons (Fsp3) is 0.391. The third-order valence-electron chi connectivity index (χ3n) is 4.49. The Bertz CT molecular complexity index is 750. The van der Waals surface area contributed by atoms with Crippen LogP contribution >= 0.6 is 0 Å². The van der Waals surface area contributed by atoms with E-state index in [0.717, 1.165) is 38.8 Å². The molecular weight excluding hydrogens is 352 g/mol. The minimum atomic E-state index is -0.192. The predicted octanol–water partition coefficient (Wildman–Crippen LogP) is 4.43. The summed E-state index contributed by atoms with van der Waals surface area (Å²) in [4.78, 5) is 23.7. The average Bonchev–Trinajstić information content (AvgIpc) is 2.69. The SMILES string of the molecule is C=C/C=C(\C=C/C)CCNCCCCCC(=O)c1ccc2c(c1)NC(=O)CO2. The number of rotatable bonds is 12. The molecule has 0 spiro atoms. The van der Waals surface area contributed by atoms with Gasteiger partial charge in [0, 0.05) is 12.0 Å². The van der Waals surface area contributed by atoms with Crippen LogP contribution in [0.4, 0.5) is 5.69 Å². The zero-order valence-corrected chi connectivity index (χ0v) is 16.6. The summed E-state index contributed by atoms with van der Waals surface area (Å²) < 4.78 is 5.32. The molecular formula is C23H30N2O3. The molecule has 0 saturated heterocycles. The Labute approximate surface area is 167 Å². The molecule has 0 aromatic heterocycles. The van der Waals surface area contributed by atoms with Crippen LogP contribution in [0.5, 0.6) is 5.75 Å². The Morgan fingerprint density at radius 2 is 2.11 bits per heavy atom. The summed E-state index contributed by atoms with van der Waals surface area (Å²) in [7, 11) is 0. The van der Waals surface area contributed by atoms with E-state index >= 15 is 0 Å². The van der Waals surface area contributed by atoms with Crippen molar-refractivity contribution in [1.82, 2.24) is 5.32 Å². The van der Waals surface area contributed by atoms with Gasteiger partial charge in [-0.1, -0.05) is 37.3 Å². The summed E-state index contributed by atoms with van der Waals surface area (Å²) in [5.74, 6) is 0.520. The first-order valence-electron chi connectivity index (χ1n) is 9.89. The number of ketones is 1. The molecule has 0 aliphatic carbocycles. The van der Waals surface area contributed by atoms with Crippen molar-refractivity contribution < 1.29 is 14.3 Å². The van der Waals surface area contributed by atoms with Crippen molar-refractivity contribution in [2.75, 3.05) is 25.0 Å². The highest BCUT2D eigenvalue weighted by molar-refractivity contribution is 6.00. The van der Waals surface area contributed by atoms with E-state index in [1.165, 1.54) is 5.57 Å². The fourth-order valence-corrected chi connectivity index (χ4v) is 3.06. The summed E-state index contributed by atoms with van der Waals surface area (Å²) in [5, 5.41) is 6.18. The van der Waals surface area contributed by atoms with Crippen LogP contribution in [0.3, 0.4) is 0 Å². The van der Waals surface area contributed by atoms with Crippen LogP contribution in [0.2, 0.25) is 0 Å². The number of hydrogen-bond donors (Lipinski definition) is 2. The van der Waals surface area contributed by atoms with Gasteiger partial charge in [-0.15, -0.1) is 0 Å². The smallest absolute Gasteiger partial charge is 0.262 e. The maximum absolute atomic E-state index is 12.4. The highest BCUT2D eigenvalue weighted by Gasteiger charge is 2.17. The maximum Gasteiger partial charge on any atom is 0.262 e. The minimum absolute atomic E-state index is 0.0233. The van der Waals surface area contributed by atoms with Gasteiger partial charge in [0.1, 0.15) is 5.75 Å². The molecule has 0 radical (unpaired) electrons. The van der Waals surface area contributed by atoms with Crippen molar-refractivity contribution in [3.05, 3.63) is 60.2 Å². The maximum atomic E-state index is 12.4. The number of carbonyl (C=O) groups is 2. The highest BCUT2D eigenvalue weighted by Crippen LogP contribution is 2.29. The lowest BCUT2D eigenvalue weighted by molar-refractivity contribution is -0.118. The monoisotopic (exact) mass is 382 g/mol. The van der Waals surface area contributed by atoms with Crippen LogP contribution < -0.4 is 15.4 Å². The van der Waals surface area contributed by atoms with Gasteiger partial charge in [-0.2, -0.15) is 0 Å². The summed E-state index contributed by atoms with van der Waals surface area (Å²) in [5.41, 5.74) is 2.46. The fourth-order valence-electron chi connectivity index (χ4n) is 3.06. The lowest BCUT2D eigenvalue weighted by atomic mass is 10.0. The Morgan fingerprint density at radius 1 is 1.25 bits per heavy atom. The van der Waals surface area contributed by atoms with Gasteiger partial charge in [-0.3, -0.25) is 9.59 Å². The lowest BCUT2D eigenvalue weighted by Crippen LogP contribution is -2.25. The van der Waals surface area contributed by atoms with Crippen LogP contribution in [0.1, 0.15) is 49.4 Å². The van der Waals surface area contributed by atoms with Gasteiger partial charge in [0.25, 0.3) is 5.91 Å². The minimum Gasteiger partial charge on any atom is -0.482 e. The topological polar surface area (TPSA) is 67.4 Å². The molecule has 0 fully saturated rings. The zero-order chi connectivity index (χ0) is 20.2. The Balaban J connectivity index is 1.61. The van der Waals surface area contributed by atoms with Crippen molar-refractivity contribution in [1.29, 1.82) is 0 Å². The largest absolute Gasteiger partial charge is 0.482 e. The standard InChI is InChI=1S/C23H30N2O3/c1-3-8-18(9-4-2)13-15-24-14-7-5-6-10-21(26)19-11-12-22-20(16-19)25-23(27)17-28-22/h3-4,8-9,11-12,16,24H,1,5-7,10,13-15,17H2,2H3,(H,25,27)/b9-4-,18-8+. The number of hydrogen-bond acceptors (Lipinski definition) is 4. The molecule has 1 aromatic carbocycles. The second kappa shape index (κ2) is 11.9. The molecule has 0 unspecified atom stereocenters. The molecule has 1 aromatic rings. The number of ether oxygens (including phenoxy) is 1. The number of Topliss-reactive ketones (excluding diaryl/α,β-unsaturated/α-hetero) is 1. The van der Waals surface area contributed by atoms with E-state index in [0.29, 0.717) is 23.4 Å². The Morgan fingerprint density at radius 3 is 2.89 bits per heavy atom. The molecule has 0 atom stereocenters. The first-order valence-corrected chi connectivity index (χ1v) is 9.89. The molecule has 1 amide bonds. The molecule has 1 aliphatic rings. The summed E-state index contributed by atoms with van der Waals surface area (Å²) in [6.45, 7) is 7.66. The van der Waals surface area contributed by atoms with Gasteiger partial charge in [0.05, 0.1) is 5.69 Å². The molecule has 0 saturated carbocycles. The van der Waals surface area contributed by atoms with E-state index < -0.39 is 0 Å². The number of fused-ring (bicyclic) bond motifs is 1. The van der Waals surface area contributed by atoms with Crippen LogP contribution in [-0.4, -0.2) is 31.4 Å². The number of nitrogens with one attached hydrogen (secondary N) is 2. The molecule has 1 aliphatic heterocycles. The lowest BCUT2D eigenvalue weighted by Gasteiger charge is -2.18. The quantitative estimate of drug-likeness (QED) is 0.319. The van der Waals surface area contributed by atoms with Crippen molar-refractivity contribution >= 4 is 17.4 Å². The zero-order valence-electron chi connectivity index (χ0n) is 16.6. The van der Waals surface area contributed by atoms with E-state index in [9.17, 15) is 9.59 Å². The number of benzene rings is 1. The van der Waals surface area contributed by atoms with Crippen molar-refractivity contribution in [2.24, 2.45) is 0 Å². The first-order chi connectivity index (χ1) is 13.6. The number of carbonyl (C=O) groups excluding carboxylic acids is 2.